The van der Waals surface area contributed by atoms with Crippen molar-refractivity contribution in [3.05, 3.63) is 52.5 Å². The predicted molar refractivity (Wildman–Crippen MR) is 160 cm³/mol. The number of aliphatic hydroxyl groups excluding tert-OH is 1. The number of anilines is 1. The summed E-state index contributed by atoms with van der Waals surface area (Å²) in [5.41, 5.74) is 0.851. The van der Waals surface area contributed by atoms with Gasteiger partial charge in [0.15, 0.2) is 11.7 Å². The summed E-state index contributed by atoms with van der Waals surface area (Å²) >= 11 is 0. The van der Waals surface area contributed by atoms with E-state index in [1.54, 1.807) is 12.1 Å². The third kappa shape index (κ3) is 6.30. The highest BCUT2D eigenvalue weighted by atomic mass is 16.5. The fourth-order valence-electron chi connectivity index (χ4n) is 5.73. The van der Waals surface area contributed by atoms with Gasteiger partial charge in [0.05, 0.1) is 23.3 Å². The van der Waals surface area contributed by atoms with Gasteiger partial charge in [-0.1, -0.05) is 55.4 Å². The average molecular weight is 580 g/mol. The van der Waals surface area contributed by atoms with Gasteiger partial charge in [-0.3, -0.25) is 9.59 Å². The van der Waals surface area contributed by atoms with Crippen LogP contribution in [0.2, 0.25) is 0 Å². The van der Waals surface area contributed by atoms with Crippen LogP contribution in [-0.4, -0.2) is 64.4 Å². The van der Waals surface area contributed by atoms with Crippen molar-refractivity contribution in [1.82, 2.24) is 0 Å². The molecule has 42 heavy (non-hydrogen) atoms. The maximum absolute atomic E-state index is 13.8. The van der Waals surface area contributed by atoms with Crippen LogP contribution >= 0.6 is 0 Å². The van der Waals surface area contributed by atoms with Crippen molar-refractivity contribution in [2.45, 2.75) is 61.3 Å². The van der Waals surface area contributed by atoms with E-state index in [2.05, 4.69) is 64.9 Å². The summed E-state index contributed by atoms with van der Waals surface area (Å²) in [7, 11) is 0. The molecule has 0 amide bonds. The highest BCUT2D eigenvalue weighted by Gasteiger charge is 2.49. The number of rotatable bonds is 11. The number of allylic oxidation sites excluding steroid dienone is 2. The number of phenols is 1. The molecule has 1 atom stereocenters. The van der Waals surface area contributed by atoms with Gasteiger partial charge < -0.3 is 24.6 Å². The monoisotopic (exact) mass is 579 g/mol. The Kier molecular flexibility index (Phi) is 8.99. The number of fused-ring (bicyclic) bond motifs is 2. The molecule has 2 heterocycles. The number of phenolic OH excluding ortho intramolecular Hbond substituents is 1. The van der Waals surface area contributed by atoms with E-state index < -0.39 is 29.2 Å². The molecule has 226 valence electrons. The van der Waals surface area contributed by atoms with Crippen LogP contribution in [0.1, 0.15) is 66.9 Å². The van der Waals surface area contributed by atoms with Crippen LogP contribution in [0.25, 0.3) is 0 Å². The predicted octanol–water partition coefficient (Wildman–Crippen LogP) is 5.04. The van der Waals surface area contributed by atoms with Gasteiger partial charge in [-0.15, -0.1) is 0 Å². The Morgan fingerprint density at radius 3 is 2.02 bits per heavy atom. The van der Waals surface area contributed by atoms with Crippen LogP contribution in [0.4, 0.5) is 5.69 Å². The van der Waals surface area contributed by atoms with Crippen molar-refractivity contribution in [1.29, 1.82) is 0 Å². The molecule has 9 nitrogen and oxygen atoms in total. The molecule has 1 aromatic carbocycles. The zero-order chi connectivity index (χ0) is 31.0. The minimum Gasteiger partial charge on any atom is -0.507 e. The zero-order valence-electron chi connectivity index (χ0n) is 25.9. The molecule has 0 fully saturated rings. The number of ketones is 1. The Balaban J connectivity index is 1.74. The molecule has 0 saturated heterocycles. The van der Waals surface area contributed by atoms with Crippen LogP contribution < -0.4 is 9.64 Å². The first-order valence-corrected chi connectivity index (χ1v) is 14.8. The number of aromatic hydroxyl groups is 1. The topological polar surface area (TPSA) is 116 Å². The third-order valence-corrected chi connectivity index (χ3v) is 7.14. The smallest absolute Gasteiger partial charge is 0.348 e. The Bertz CT molecular complexity index is 1400. The second kappa shape index (κ2) is 12.2. The molecule has 0 spiro atoms. The van der Waals surface area contributed by atoms with Crippen molar-refractivity contribution >= 4 is 29.1 Å². The molecule has 9 heteroatoms. The number of hydrogen-bond donors (Lipinski definition) is 2. The van der Waals surface area contributed by atoms with Gasteiger partial charge in [0.1, 0.15) is 41.7 Å². The van der Waals surface area contributed by atoms with Gasteiger partial charge in [-0.2, -0.15) is 0 Å². The molecule has 1 aromatic rings. The highest BCUT2D eigenvalue weighted by Crippen LogP contribution is 2.47. The number of benzene rings is 1. The summed E-state index contributed by atoms with van der Waals surface area (Å²) < 4.78 is 13.0. The lowest BCUT2D eigenvalue weighted by Crippen LogP contribution is -2.31. The summed E-state index contributed by atoms with van der Waals surface area (Å²) in [5.74, 6) is -3.37. The van der Waals surface area contributed by atoms with Crippen molar-refractivity contribution in [2.75, 3.05) is 31.1 Å². The van der Waals surface area contributed by atoms with E-state index in [-0.39, 0.29) is 34.2 Å². The second-order valence-corrected chi connectivity index (χ2v) is 13.1. The first kappa shape index (κ1) is 31.1. The lowest BCUT2D eigenvalue weighted by atomic mass is 9.87. The molecule has 0 aromatic heterocycles. The zero-order valence-corrected chi connectivity index (χ0v) is 25.9. The molecular weight excluding hydrogens is 536 g/mol. The van der Waals surface area contributed by atoms with Crippen molar-refractivity contribution in [3.63, 3.8) is 0 Å². The lowest BCUT2D eigenvalue weighted by molar-refractivity contribution is -0.538. The van der Waals surface area contributed by atoms with Crippen LogP contribution in [0.3, 0.4) is 0 Å². The summed E-state index contributed by atoms with van der Waals surface area (Å²) in [4.78, 5) is 42.1. The van der Waals surface area contributed by atoms with Gasteiger partial charge in [0.25, 0.3) is 0 Å². The number of ether oxygens (including phenoxy) is 2. The average Bonchev–Trinajstić information content (AvgIpc) is 3.37. The molecule has 1 unspecified atom stereocenters. The van der Waals surface area contributed by atoms with Crippen molar-refractivity contribution < 1.29 is 38.6 Å². The van der Waals surface area contributed by atoms with Gasteiger partial charge in [0.2, 0.25) is 5.71 Å². The van der Waals surface area contributed by atoms with Crippen LogP contribution in [0, 0.1) is 23.7 Å². The normalized spacial score (nSPS) is 18.0. The van der Waals surface area contributed by atoms with E-state index >= 15 is 0 Å². The molecule has 2 N–H and O–H groups in total. The number of carbonyl (C=O) groups is 3. The summed E-state index contributed by atoms with van der Waals surface area (Å²) in [5, 5.41) is 22.1. The number of esters is 2. The SMILES string of the molecule is CC(C)CN(CC(C)C)c1cc(O)c2c(c1)OC(=O)C2C(=O)C1=C2C(O)=CC(=[N+](CC(C)C)CC(C)C)C=C2OC1=O. The Morgan fingerprint density at radius 2 is 1.48 bits per heavy atom. The molecule has 0 radical (unpaired) electrons. The lowest BCUT2D eigenvalue weighted by Gasteiger charge is -2.29. The van der Waals surface area contributed by atoms with Gasteiger partial charge in [-0.05, 0) is 11.8 Å². The Morgan fingerprint density at radius 1 is 0.881 bits per heavy atom. The van der Waals surface area contributed by atoms with E-state index in [1.165, 1.54) is 12.1 Å². The number of nitrogens with zero attached hydrogens (tertiary/aromatic N) is 2. The van der Waals surface area contributed by atoms with Gasteiger partial charge in [0, 0.05) is 42.7 Å². The quantitative estimate of drug-likeness (QED) is 0.123. The van der Waals surface area contributed by atoms with E-state index in [4.69, 9.17) is 9.47 Å². The van der Waals surface area contributed by atoms with Gasteiger partial charge >= 0.3 is 11.9 Å². The maximum atomic E-state index is 13.8. The molecule has 3 aliphatic rings. The number of hydrogen-bond acceptors (Lipinski definition) is 8. The van der Waals surface area contributed by atoms with Crippen molar-refractivity contribution in [2.24, 2.45) is 23.7 Å². The Labute approximate surface area is 247 Å². The second-order valence-electron chi connectivity index (χ2n) is 13.1. The van der Waals surface area contributed by atoms with Gasteiger partial charge in [-0.25, -0.2) is 9.37 Å². The fraction of sp³-hybridized carbons (Fsp3) is 0.515. The molecule has 4 rings (SSSR count). The van der Waals surface area contributed by atoms with E-state index in [9.17, 15) is 24.6 Å². The van der Waals surface area contributed by atoms with Crippen LogP contribution in [0.5, 0.6) is 11.5 Å². The molecule has 1 aliphatic carbocycles. The molecule has 2 aliphatic heterocycles. The minimum absolute atomic E-state index is 0.00713. The summed E-state index contributed by atoms with van der Waals surface area (Å²) in [6.45, 7) is 19.6. The fourth-order valence-corrected chi connectivity index (χ4v) is 5.73. The Hall–Kier alpha value is -3.88. The highest BCUT2D eigenvalue weighted by molar-refractivity contribution is 6.29. The third-order valence-electron chi connectivity index (χ3n) is 7.14. The molecule has 0 bridgehead atoms. The summed E-state index contributed by atoms with van der Waals surface area (Å²) in [6.07, 6.45) is 3.15. The van der Waals surface area contributed by atoms with Crippen LogP contribution in [-0.2, 0) is 19.1 Å². The first-order valence-electron chi connectivity index (χ1n) is 14.8. The first-order chi connectivity index (χ1) is 19.7. The molecule has 0 saturated carbocycles. The standard InChI is InChI=1S/C33H42N2O7/c1-17(2)13-34(14-18(3)4)21-9-23(36)27-25(11-21)41-32(39)29(27)31(38)30-28-24(37)10-22(12-26(28)42-33(30)40)35(15-19(5)6)16-20(7)8/h9-12,17-20,29,36H,13-16H2,1-8H3/p+1. The molecular formula is C33H43N2O7+. The summed E-state index contributed by atoms with van der Waals surface area (Å²) in [6, 6.07) is 3.18. The largest absolute Gasteiger partial charge is 0.507 e. The van der Waals surface area contributed by atoms with E-state index in [0.717, 1.165) is 26.2 Å². The number of carbonyl (C=O) groups excluding carboxylic acids is 3. The van der Waals surface area contributed by atoms with E-state index in [0.29, 0.717) is 35.1 Å². The van der Waals surface area contributed by atoms with Crippen molar-refractivity contribution in [3.8, 4) is 11.5 Å². The number of aliphatic hydroxyl groups is 1. The number of Topliss-reactive ketones (excluding diaryl/α,β-unsaturated/α-hetero) is 1. The van der Waals surface area contributed by atoms with Crippen LogP contribution in [0.15, 0.2) is 46.9 Å². The van der Waals surface area contributed by atoms with E-state index in [1.807, 2.05) is 0 Å². The maximum Gasteiger partial charge on any atom is 0.348 e. The minimum atomic E-state index is -1.57.